The van der Waals surface area contributed by atoms with E-state index >= 15 is 0 Å². The number of ether oxygens (including phenoxy) is 1. The fraction of sp³-hybridized carbons (Fsp3) is 0.333. The predicted octanol–water partition coefficient (Wildman–Crippen LogP) is 1.66. The summed E-state index contributed by atoms with van der Waals surface area (Å²) in [6.45, 7) is 0.560. The number of hydrogen-bond donors (Lipinski definition) is 2. The standard InChI is InChI=1S/C9H12BrNO2/c1-13-8-5-6(2-3-11)4-7(12)9(8)10/h4-5,12H,2-3,11H2,1H3. The minimum Gasteiger partial charge on any atom is -0.507 e. The van der Waals surface area contributed by atoms with Gasteiger partial charge in [-0.2, -0.15) is 0 Å². The van der Waals surface area contributed by atoms with Crippen LogP contribution in [-0.4, -0.2) is 18.8 Å². The zero-order chi connectivity index (χ0) is 9.84. The number of phenolic OH excluding ortho intramolecular Hbond substituents is 1. The lowest BCUT2D eigenvalue weighted by Gasteiger charge is -2.07. The van der Waals surface area contributed by atoms with E-state index in [0.29, 0.717) is 16.8 Å². The molecule has 0 unspecified atom stereocenters. The van der Waals surface area contributed by atoms with Gasteiger partial charge in [0.1, 0.15) is 16.0 Å². The monoisotopic (exact) mass is 245 g/mol. The molecule has 0 amide bonds. The van der Waals surface area contributed by atoms with Crippen molar-refractivity contribution in [3.8, 4) is 11.5 Å². The topological polar surface area (TPSA) is 55.5 Å². The molecule has 1 aromatic rings. The average Bonchev–Trinajstić information content (AvgIpc) is 2.11. The van der Waals surface area contributed by atoms with Crippen LogP contribution in [0, 0.1) is 0 Å². The second kappa shape index (κ2) is 4.48. The first-order valence-electron chi connectivity index (χ1n) is 3.94. The molecule has 0 bridgehead atoms. The molecule has 1 aromatic carbocycles. The molecule has 4 heteroatoms. The first kappa shape index (κ1) is 10.3. The third kappa shape index (κ3) is 2.35. The van der Waals surface area contributed by atoms with Gasteiger partial charge >= 0.3 is 0 Å². The number of hydrogen-bond acceptors (Lipinski definition) is 3. The van der Waals surface area contributed by atoms with Gasteiger partial charge in [0.05, 0.1) is 7.11 Å². The van der Waals surface area contributed by atoms with Gasteiger partial charge in [0.15, 0.2) is 0 Å². The molecule has 0 aromatic heterocycles. The van der Waals surface area contributed by atoms with Crippen LogP contribution in [0.3, 0.4) is 0 Å². The maximum atomic E-state index is 9.47. The van der Waals surface area contributed by atoms with Crippen molar-refractivity contribution < 1.29 is 9.84 Å². The summed E-state index contributed by atoms with van der Waals surface area (Å²) >= 11 is 3.22. The Morgan fingerprint density at radius 2 is 2.23 bits per heavy atom. The first-order valence-corrected chi connectivity index (χ1v) is 4.73. The van der Waals surface area contributed by atoms with Crippen molar-refractivity contribution >= 4 is 15.9 Å². The van der Waals surface area contributed by atoms with E-state index in [1.54, 1.807) is 13.2 Å². The van der Waals surface area contributed by atoms with Gasteiger partial charge in [-0.3, -0.25) is 0 Å². The molecule has 0 aliphatic heterocycles. The molecule has 0 saturated heterocycles. The summed E-state index contributed by atoms with van der Waals surface area (Å²) < 4.78 is 5.64. The third-order valence-electron chi connectivity index (χ3n) is 1.73. The number of rotatable bonds is 3. The number of benzene rings is 1. The van der Waals surface area contributed by atoms with Crippen molar-refractivity contribution in [1.29, 1.82) is 0 Å². The Labute approximate surface area is 85.6 Å². The van der Waals surface area contributed by atoms with E-state index in [1.807, 2.05) is 6.07 Å². The quantitative estimate of drug-likeness (QED) is 0.852. The molecule has 0 atom stereocenters. The summed E-state index contributed by atoms with van der Waals surface area (Å²) in [5, 5.41) is 9.47. The van der Waals surface area contributed by atoms with Gasteiger partial charge in [-0.25, -0.2) is 0 Å². The van der Waals surface area contributed by atoms with Crippen LogP contribution in [0.2, 0.25) is 0 Å². The van der Waals surface area contributed by atoms with Gasteiger partial charge < -0.3 is 15.6 Å². The van der Waals surface area contributed by atoms with Crippen molar-refractivity contribution in [3.05, 3.63) is 22.2 Å². The van der Waals surface area contributed by atoms with Crippen molar-refractivity contribution in [2.75, 3.05) is 13.7 Å². The zero-order valence-corrected chi connectivity index (χ0v) is 8.97. The lowest BCUT2D eigenvalue weighted by atomic mass is 10.1. The molecule has 13 heavy (non-hydrogen) atoms. The maximum absolute atomic E-state index is 9.47. The van der Waals surface area contributed by atoms with Crippen LogP contribution in [0.15, 0.2) is 16.6 Å². The summed E-state index contributed by atoms with van der Waals surface area (Å²) in [7, 11) is 1.56. The van der Waals surface area contributed by atoms with Crippen LogP contribution in [-0.2, 0) is 6.42 Å². The minimum absolute atomic E-state index is 0.183. The lowest BCUT2D eigenvalue weighted by Crippen LogP contribution is -2.02. The third-order valence-corrected chi connectivity index (χ3v) is 2.53. The molecule has 0 aliphatic rings. The van der Waals surface area contributed by atoms with Crippen LogP contribution in [0.5, 0.6) is 11.5 Å². The highest BCUT2D eigenvalue weighted by Crippen LogP contribution is 2.34. The normalized spacial score (nSPS) is 10.1. The van der Waals surface area contributed by atoms with Gasteiger partial charge in [0, 0.05) is 0 Å². The smallest absolute Gasteiger partial charge is 0.137 e. The van der Waals surface area contributed by atoms with Crippen LogP contribution in [0.1, 0.15) is 5.56 Å². The van der Waals surface area contributed by atoms with Crippen molar-refractivity contribution in [1.82, 2.24) is 0 Å². The Balaban J connectivity index is 3.06. The number of aromatic hydroxyl groups is 1. The van der Waals surface area contributed by atoms with Gasteiger partial charge in [0.2, 0.25) is 0 Å². The Bertz CT molecular complexity index is 302. The molecule has 0 saturated carbocycles. The van der Waals surface area contributed by atoms with E-state index in [0.717, 1.165) is 12.0 Å². The fourth-order valence-electron chi connectivity index (χ4n) is 1.10. The van der Waals surface area contributed by atoms with Gasteiger partial charge in [-0.05, 0) is 46.6 Å². The summed E-state index contributed by atoms with van der Waals surface area (Å²) in [6, 6.07) is 3.54. The SMILES string of the molecule is COc1cc(CCN)cc(O)c1Br. The molecule has 3 nitrogen and oxygen atoms in total. The number of nitrogens with two attached hydrogens (primary N) is 1. The van der Waals surface area contributed by atoms with Crippen molar-refractivity contribution in [3.63, 3.8) is 0 Å². The highest BCUT2D eigenvalue weighted by atomic mass is 79.9. The molecule has 0 heterocycles. The van der Waals surface area contributed by atoms with E-state index in [2.05, 4.69) is 15.9 Å². The lowest BCUT2D eigenvalue weighted by molar-refractivity contribution is 0.402. The van der Waals surface area contributed by atoms with Gasteiger partial charge in [0.25, 0.3) is 0 Å². The van der Waals surface area contributed by atoms with Crippen molar-refractivity contribution in [2.24, 2.45) is 5.73 Å². The molecule has 0 spiro atoms. The molecule has 1 rings (SSSR count). The van der Waals surface area contributed by atoms with Gasteiger partial charge in [-0.15, -0.1) is 0 Å². The Kier molecular flexibility index (Phi) is 3.57. The molecule has 72 valence electrons. The zero-order valence-electron chi connectivity index (χ0n) is 7.38. The maximum Gasteiger partial charge on any atom is 0.137 e. The Morgan fingerprint density at radius 3 is 2.77 bits per heavy atom. The summed E-state index contributed by atoms with van der Waals surface area (Å²) in [4.78, 5) is 0. The van der Waals surface area contributed by atoms with Crippen LogP contribution in [0.4, 0.5) is 0 Å². The average molecular weight is 246 g/mol. The highest BCUT2D eigenvalue weighted by Gasteiger charge is 2.07. The van der Waals surface area contributed by atoms with E-state index in [9.17, 15) is 5.11 Å². The largest absolute Gasteiger partial charge is 0.507 e. The summed E-state index contributed by atoms with van der Waals surface area (Å²) in [5.74, 6) is 0.811. The molecular weight excluding hydrogens is 234 g/mol. The second-order valence-corrected chi connectivity index (χ2v) is 3.46. The Hall–Kier alpha value is -0.740. The molecule has 0 aliphatic carbocycles. The molecule has 0 fully saturated rings. The van der Waals surface area contributed by atoms with E-state index in [1.165, 1.54) is 0 Å². The molecular formula is C9H12BrNO2. The highest BCUT2D eigenvalue weighted by molar-refractivity contribution is 9.10. The predicted molar refractivity (Wildman–Crippen MR) is 55.1 cm³/mol. The number of halogens is 1. The summed E-state index contributed by atoms with van der Waals surface area (Å²) in [5.41, 5.74) is 6.38. The second-order valence-electron chi connectivity index (χ2n) is 2.67. The van der Waals surface area contributed by atoms with E-state index in [4.69, 9.17) is 10.5 Å². The number of phenols is 1. The van der Waals surface area contributed by atoms with Crippen molar-refractivity contribution in [2.45, 2.75) is 6.42 Å². The van der Waals surface area contributed by atoms with Crippen LogP contribution in [0.25, 0.3) is 0 Å². The minimum atomic E-state index is 0.183. The molecule has 0 radical (unpaired) electrons. The summed E-state index contributed by atoms with van der Waals surface area (Å²) in [6.07, 6.45) is 0.733. The van der Waals surface area contributed by atoms with Crippen LogP contribution >= 0.6 is 15.9 Å². The van der Waals surface area contributed by atoms with E-state index in [-0.39, 0.29) is 5.75 Å². The molecule has 3 N–H and O–H groups in total. The van der Waals surface area contributed by atoms with E-state index < -0.39 is 0 Å². The Morgan fingerprint density at radius 1 is 1.54 bits per heavy atom. The first-order chi connectivity index (χ1) is 6.19. The number of methoxy groups -OCH3 is 1. The van der Waals surface area contributed by atoms with Crippen LogP contribution < -0.4 is 10.5 Å². The van der Waals surface area contributed by atoms with Gasteiger partial charge in [-0.1, -0.05) is 0 Å². The fourth-order valence-corrected chi connectivity index (χ4v) is 1.49.